The van der Waals surface area contributed by atoms with Gasteiger partial charge in [0.1, 0.15) is 11.5 Å². The van der Waals surface area contributed by atoms with Crippen LogP contribution in [0.4, 0.5) is 11.4 Å². The molecule has 0 unspecified atom stereocenters. The second-order valence-corrected chi connectivity index (χ2v) is 11.4. The van der Waals surface area contributed by atoms with Gasteiger partial charge in [0, 0.05) is 27.9 Å². The number of rotatable bonds is 3. The zero-order valence-electron chi connectivity index (χ0n) is 21.5. The molecule has 1 saturated heterocycles. The zero-order valence-corrected chi connectivity index (χ0v) is 21.5. The number of anilines is 2. The quantitative estimate of drug-likeness (QED) is 0.481. The predicted molar refractivity (Wildman–Crippen MR) is 146 cm³/mol. The molecule has 0 aromatic heterocycles. The van der Waals surface area contributed by atoms with Crippen molar-refractivity contribution in [3.05, 3.63) is 102 Å². The fourth-order valence-electron chi connectivity index (χ4n) is 6.61. The molecule has 1 spiro atoms. The van der Waals surface area contributed by atoms with Gasteiger partial charge in [-0.3, -0.25) is 14.4 Å². The largest absolute Gasteiger partial charge is 0.352 e. The molecule has 5 heteroatoms. The smallest absolute Gasteiger partial charge is 0.238 e. The Hall–Kier alpha value is -3.99. The molecule has 0 bridgehead atoms. The van der Waals surface area contributed by atoms with Crippen molar-refractivity contribution in [1.29, 1.82) is 0 Å². The minimum absolute atomic E-state index is 0.0522. The van der Waals surface area contributed by atoms with Crippen LogP contribution in [0.1, 0.15) is 49.2 Å². The van der Waals surface area contributed by atoms with Crippen molar-refractivity contribution in [2.45, 2.75) is 45.2 Å². The van der Waals surface area contributed by atoms with Crippen LogP contribution in [-0.4, -0.2) is 29.6 Å². The summed E-state index contributed by atoms with van der Waals surface area (Å²) in [6, 6.07) is 23.3. The summed E-state index contributed by atoms with van der Waals surface area (Å²) in [5, 5.41) is 3.08. The number of hydrogen-bond donors (Lipinski definition) is 1. The minimum atomic E-state index is -1.26. The summed E-state index contributed by atoms with van der Waals surface area (Å²) in [4.78, 5) is 45.3. The summed E-state index contributed by atoms with van der Waals surface area (Å²) in [7, 11) is 0. The number of ketones is 2. The van der Waals surface area contributed by atoms with E-state index in [0.29, 0.717) is 11.3 Å². The number of fused-ring (bicyclic) bond motifs is 6. The van der Waals surface area contributed by atoms with Crippen LogP contribution >= 0.6 is 0 Å². The number of carbonyl (C=O) groups excluding carboxylic acids is 3. The number of carbonyl (C=O) groups is 3. The number of nitrogens with one attached hydrogen (secondary N) is 1. The molecule has 3 aromatic rings. The van der Waals surface area contributed by atoms with Crippen molar-refractivity contribution in [3.63, 3.8) is 0 Å². The van der Waals surface area contributed by atoms with E-state index in [1.54, 1.807) is 12.1 Å². The minimum Gasteiger partial charge on any atom is -0.352 e. The van der Waals surface area contributed by atoms with Gasteiger partial charge in [0.2, 0.25) is 5.91 Å². The van der Waals surface area contributed by atoms with Gasteiger partial charge < -0.3 is 10.2 Å². The predicted octanol–water partition coefficient (Wildman–Crippen LogP) is 5.67. The molecule has 0 radical (unpaired) electrons. The van der Waals surface area contributed by atoms with E-state index in [1.807, 2.05) is 94.4 Å². The topological polar surface area (TPSA) is 66.5 Å². The number of para-hydroxylation sites is 2. The average Bonchev–Trinajstić information content (AvgIpc) is 3.36. The van der Waals surface area contributed by atoms with Gasteiger partial charge in [-0.2, -0.15) is 0 Å². The highest BCUT2D eigenvalue weighted by Gasteiger charge is 2.71. The molecule has 1 amide bonds. The second kappa shape index (κ2) is 8.01. The van der Waals surface area contributed by atoms with Crippen LogP contribution in [0.15, 0.2) is 84.9 Å². The lowest BCUT2D eigenvalue weighted by Crippen LogP contribution is -2.51. The Morgan fingerprint density at radius 2 is 1.54 bits per heavy atom. The summed E-state index contributed by atoms with van der Waals surface area (Å²) < 4.78 is 0. The average molecular weight is 491 g/mol. The standard InChI is InChI=1S/C32H30N2O3/c1-19-18-25-32(22-15-9-10-16-23(22)33-30(32)37)26(28(35)20-12-6-5-7-13-20)27(29(36)31(2,3)4)34(25)24-17-11-8-14-21(19)24/h5-18,25-27H,1-4H3,(H,33,37)/t25-,26+,27-,32-/m1/s1. The highest BCUT2D eigenvalue weighted by Crippen LogP contribution is 2.59. The molecule has 1 N–H and O–H groups in total. The highest BCUT2D eigenvalue weighted by atomic mass is 16.2. The molecular weight excluding hydrogens is 460 g/mol. The number of hydrogen-bond acceptors (Lipinski definition) is 4. The van der Waals surface area contributed by atoms with Gasteiger partial charge in [-0.25, -0.2) is 0 Å². The van der Waals surface area contributed by atoms with E-state index in [9.17, 15) is 14.4 Å². The van der Waals surface area contributed by atoms with E-state index in [2.05, 4.69) is 16.3 Å². The second-order valence-electron chi connectivity index (χ2n) is 11.4. The summed E-state index contributed by atoms with van der Waals surface area (Å²) in [6.45, 7) is 7.70. The van der Waals surface area contributed by atoms with Crippen molar-refractivity contribution >= 4 is 34.4 Å². The van der Waals surface area contributed by atoms with Crippen LogP contribution in [0.25, 0.3) is 5.57 Å². The number of allylic oxidation sites excluding steroid dienone is 1. The van der Waals surface area contributed by atoms with E-state index in [-0.39, 0.29) is 17.5 Å². The van der Waals surface area contributed by atoms with Crippen molar-refractivity contribution in [1.82, 2.24) is 0 Å². The Kier molecular flexibility index (Phi) is 5.07. The van der Waals surface area contributed by atoms with Gasteiger partial charge in [0.05, 0.1) is 12.0 Å². The summed E-state index contributed by atoms with van der Waals surface area (Å²) in [6.07, 6.45) is 2.09. The number of nitrogens with zero attached hydrogens (tertiary/aromatic N) is 1. The first kappa shape index (κ1) is 23.4. The van der Waals surface area contributed by atoms with Gasteiger partial charge in [-0.1, -0.05) is 93.6 Å². The van der Waals surface area contributed by atoms with Crippen LogP contribution in [0.5, 0.6) is 0 Å². The van der Waals surface area contributed by atoms with Crippen LogP contribution < -0.4 is 10.2 Å². The Morgan fingerprint density at radius 1 is 0.892 bits per heavy atom. The lowest BCUT2D eigenvalue weighted by Gasteiger charge is -2.39. The lowest BCUT2D eigenvalue weighted by molar-refractivity contribution is -0.128. The van der Waals surface area contributed by atoms with Gasteiger partial charge in [0.15, 0.2) is 11.6 Å². The molecule has 186 valence electrons. The number of benzene rings is 3. The Morgan fingerprint density at radius 3 is 2.27 bits per heavy atom. The summed E-state index contributed by atoms with van der Waals surface area (Å²) in [5.74, 6) is -1.38. The molecule has 37 heavy (non-hydrogen) atoms. The maximum absolute atomic E-state index is 14.6. The molecule has 0 saturated carbocycles. The van der Waals surface area contributed by atoms with Crippen LogP contribution in [0, 0.1) is 11.3 Å². The Balaban J connectivity index is 1.71. The van der Waals surface area contributed by atoms with Gasteiger partial charge >= 0.3 is 0 Å². The lowest BCUT2D eigenvalue weighted by atomic mass is 9.63. The Labute approximate surface area is 217 Å². The summed E-state index contributed by atoms with van der Waals surface area (Å²) in [5.41, 5.74) is 2.92. The Bertz CT molecular complexity index is 1480. The monoisotopic (exact) mass is 490 g/mol. The number of amides is 1. The molecule has 5 nitrogen and oxygen atoms in total. The number of Topliss-reactive ketones (excluding diaryl/α,β-unsaturated/α-hetero) is 2. The van der Waals surface area contributed by atoms with Crippen LogP contribution in [-0.2, 0) is 15.0 Å². The molecule has 3 aliphatic heterocycles. The van der Waals surface area contributed by atoms with Gasteiger partial charge in [0.25, 0.3) is 0 Å². The SMILES string of the molecule is CC1=C[C@H]2N(c3ccccc31)[C@@H](C(=O)C(C)(C)C)[C@@H](C(=O)c1ccccc1)[C@]21C(=O)Nc2ccccc21. The molecule has 4 atom stereocenters. The zero-order chi connectivity index (χ0) is 26.1. The van der Waals surface area contributed by atoms with Crippen molar-refractivity contribution in [3.8, 4) is 0 Å². The fourth-order valence-corrected chi connectivity index (χ4v) is 6.61. The maximum Gasteiger partial charge on any atom is 0.238 e. The molecular formula is C32H30N2O3. The van der Waals surface area contributed by atoms with E-state index in [1.165, 1.54) is 0 Å². The maximum atomic E-state index is 14.6. The molecule has 6 rings (SSSR count). The van der Waals surface area contributed by atoms with Crippen molar-refractivity contribution in [2.24, 2.45) is 11.3 Å². The van der Waals surface area contributed by atoms with Crippen LogP contribution in [0.2, 0.25) is 0 Å². The van der Waals surface area contributed by atoms with Gasteiger partial charge in [-0.05, 0) is 30.2 Å². The first-order valence-corrected chi connectivity index (χ1v) is 12.8. The van der Waals surface area contributed by atoms with E-state index < -0.39 is 28.8 Å². The molecule has 3 heterocycles. The third-order valence-corrected chi connectivity index (χ3v) is 8.23. The third kappa shape index (κ3) is 3.13. The molecule has 3 aromatic carbocycles. The fraction of sp³-hybridized carbons (Fsp3) is 0.281. The molecule has 1 fully saturated rings. The van der Waals surface area contributed by atoms with E-state index in [0.717, 1.165) is 22.4 Å². The normalized spacial score (nSPS) is 25.7. The summed E-state index contributed by atoms with van der Waals surface area (Å²) >= 11 is 0. The molecule has 0 aliphatic carbocycles. The third-order valence-electron chi connectivity index (χ3n) is 8.23. The van der Waals surface area contributed by atoms with E-state index in [4.69, 9.17) is 0 Å². The molecule has 3 aliphatic rings. The van der Waals surface area contributed by atoms with Crippen molar-refractivity contribution < 1.29 is 14.4 Å². The van der Waals surface area contributed by atoms with Crippen molar-refractivity contribution in [2.75, 3.05) is 10.2 Å². The highest BCUT2D eigenvalue weighted by molar-refractivity contribution is 6.17. The first-order chi connectivity index (χ1) is 17.7. The van der Waals surface area contributed by atoms with E-state index >= 15 is 0 Å². The van der Waals surface area contributed by atoms with Crippen LogP contribution in [0.3, 0.4) is 0 Å². The first-order valence-electron chi connectivity index (χ1n) is 12.8. The van der Waals surface area contributed by atoms with Gasteiger partial charge in [-0.15, -0.1) is 0 Å².